The van der Waals surface area contributed by atoms with Gasteiger partial charge in [-0.15, -0.1) is 0 Å². The van der Waals surface area contributed by atoms with Crippen molar-refractivity contribution in [1.29, 1.82) is 0 Å². The van der Waals surface area contributed by atoms with E-state index in [0.29, 0.717) is 51.7 Å². The van der Waals surface area contributed by atoms with Crippen LogP contribution in [0.4, 0.5) is 4.79 Å². The van der Waals surface area contributed by atoms with Crippen LogP contribution in [0.5, 0.6) is 0 Å². The lowest BCUT2D eigenvalue weighted by Gasteiger charge is -2.47. The van der Waals surface area contributed by atoms with Gasteiger partial charge in [0.05, 0.1) is 25.3 Å². The van der Waals surface area contributed by atoms with Crippen molar-refractivity contribution < 1.29 is 23.8 Å². The number of hydrogen-bond acceptors (Lipinski definition) is 5. The van der Waals surface area contributed by atoms with Crippen LogP contribution in [0.25, 0.3) is 11.1 Å². The highest BCUT2D eigenvalue weighted by Crippen LogP contribution is 2.45. The fraction of sp³-hybridized carbons (Fsp3) is 0.500. The first-order chi connectivity index (χ1) is 16.7. The predicted molar refractivity (Wildman–Crippen MR) is 127 cm³/mol. The Morgan fingerprint density at radius 2 is 1.41 bits per heavy atom. The molecule has 6 rings (SSSR count). The molecule has 6 nitrogen and oxygen atoms in total. The minimum Gasteiger partial charge on any atom is -0.448 e. The van der Waals surface area contributed by atoms with E-state index >= 15 is 0 Å². The van der Waals surface area contributed by atoms with E-state index in [1.807, 2.05) is 17.0 Å². The van der Waals surface area contributed by atoms with Crippen LogP contribution in [-0.2, 0) is 19.0 Å². The third kappa shape index (κ3) is 3.83. The fourth-order valence-electron chi connectivity index (χ4n) is 6.43. The number of nitrogens with zero attached hydrogens (tertiary/aromatic N) is 1. The molecule has 0 N–H and O–H groups in total. The summed E-state index contributed by atoms with van der Waals surface area (Å²) in [4.78, 5) is 28.3. The maximum atomic E-state index is 13.3. The van der Waals surface area contributed by atoms with Crippen molar-refractivity contribution >= 4 is 11.9 Å². The fourth-order valence-corrected chi connectivity index (χ4v) is 6.43. The lowest BCUT2D eigenvalue weighted by Crippen LogP contribution is -2.60. The summed E-state index contributed by atoms with van der Waals surface area (Å²) in [5.74, 6) is 0.494. The smallest absolute Gasteiger partial charge is 0.410 e. The number of fused-ring (bicyclic) bond motifs is 5. The first kappa shape index (κ1) is 21.8. The molecule has 34 heavy (non-hydrogen) atoms. The van der Waals surface area contributed by atoms with E-state index in [-0.39, 0.29) is 35.9 Å². The maximum absolute atomic E-state index is 13.3. The zero-order chi connectivity index (χ0) is 23.1. The monoisotopic (exact) mass is 461 g/mol. The van der Waals surface area contributed by atoms with Crippen molar-refractivity contribution in [3.05, 3.63) is 59.7 Å². The van der Waals surface area contributed by atoms with Crippen molar-refractivity contribution in [3.63, 3.8) is 0 Å². The van der Waals surface area contributed by atoms with Gasteiger partial charge in [0.15, 0.2) is 0 Å². The number of piperidine rings is 1. The molecule has 0 saturated carbocycles. The number of amides is 1. The molecule has 1 amide bonds. The number of Topliss-reactive ketones (excluding diaryl/α,β-unsaturated/α-hetero) is 1. The summed E-state index contributed by atoms with van der Waals surface area (Å²) in [5, 5.41) is 0. The molecule has 2 aromatic carbocycles. The van der Waals surface area contributed by atoms with Gasteiger partial charge in [0.25, 0.3) is 0 Å². The van der Waals surface area contributed by atoms with Gasteiger partial charge in [-0.25, -0.2) is 4.79 Å². The van der Waals surface area contributed by atoms with Gasteiger partial charge in [0, 0.05) is 31.0 Å². The quantitative estimate of drug-likeness (QED) is 0.675. The summed E-state index contributed by atoms with van der Waals surface area (Å²) < 4.78 is 17.2. The van der Waals surface area contributed by atoms with Crippen LogP contribution in [0.3, 0.4) is 0 Å². The Kier molecular flexibility index (Phi) is 5.87. The molecule has 178 valence electrons. The molecule has 4 aliphatic rings. The molecule has 3 saturated heterocycles. The van der Waals surface area contributed by atoms with Gasteiger partial charge in [-0.2, -0.15) is 0 Å². The summed E-state index contributed by atoms with van der Waals surface area (Å²) in [6, 6.07) is 16.5. The van der Waals surface area contributed by atoms with Gasteiger partial charge < -0.3 is 14.2 Å². The lowest BCUT2D eigenvalue weighted by molar-refractivity contribution is -0.137. The van der Waals surface area contributed by atoms with Gasteiger partial charge in [0.2, 0.25) is 0 Å². The van der Waals surface area contributed by atoms with Crippen molar-refractivity contribution in [2.75, 3.05) is 33.0 Å². The number of benzene rings is 2. The number of ether oxygens (including phenoxy) is 3. The molecule has 6 heteroatoms. The SMILES string of the molecule is O=C(C1CCOCC1)C1CC2COCC(C1)N2C(=O)OCC1c2ccccc2-c2ccccc21. The first-order valence-electron chi connectivity index (χ1n) is 12.5. The van der Waals surface area contributed by atoms with Crippen LogP contribution < -0.4 is 0 Å². The molecule has 3 fully saturated rings. The summed E-state index contributed by atoms with van der Waals surface area (Å²) in [6.07, 6.45) is 2.68. The van der Waals surface area contributed by atoms with E-state index in [1.54, 1.807) is 0 Å². The van der Waals surface area contributed by atoms with Crippen LogP contribution in [-0.4, -0.2) is 61.9 Å². The van der Waals surface area contributed by atoms with E-state index in [9.17, 15) is 9.59 Å². The van der Waals surface area contributed by atoms with Gasteiger partial charge >= 0.3 is 6.09 Å². The Bertz CT molecular complexity index is 1020. The summed E-state index contributed by atoms with van der Waals surface area (Å²) in [5.41, 5.74) is 4.86. The molecule has 2 atom stereocenters. The van der Waals surface area contributed by atoms with Crippen molar-refractivity contribution in [2.24, 2.45) is 11.8 Å². The molecule has 2 unspecified atom stereocenters. The average molecular weight is 462 g/mol. The van der Waals surface area contributed by atoms with Crippen LogP contribution in [0.2, 0.25) is 0 Å². The Morgan fingerprint density at radius 1 is 0.824 bits per heavy atom. The Balaban J connectivity index is 1.14. The van der Waals surface area contributed by atoms with Crippen LogP contribution in [0, 0.1) is 11.8 Å². The van der Waals surface area contributed by atoms with Crippen LogP contribution in [0.1, 0.15) is 42.7 Å². The minimum absolute atomic E-state index is 0.000337. The molecule has 0 aromatic heterocycles. The normalized spacial score (nSPS) is 26.6. The second-order valence-corrected chi connectivity index (χ2v) is 10.0. The topological polar surface area (TPSA) is 65.1 Å². The largest absolute Gasteiger partial charge is 0.448 e. The number of carbonyl (C=O) groups excluding carboxylic acids is 2. The van der Waals surface area contributed by atoms with E-state index in [0.717, 1.165) is 12.8 Å². The van der Waals surface area contributed by atoms with Crippen LogP contribution in [0.15, 0.2) is 48.5 Å². The molecule has 2 aromatic rings. The average Bonchev–Trinajstić information content (AvgIpc) is 3.20. The highest BCUT2D eigenvalue weighted by molar-refractivity contribution is 5.84. The summed E-state index contributed by atoms with van der Waals surface area (Å²) in [7, 11) is 0. The van der Waals surface area contributed by atoms with Crippen molar-refractivity contribution in [1.82, 2.24) is 4.90 Å². The Hall–Kier alpha value is -2.70. The zero-order valence-corrected chi connectivity index (χ0v) is 19.4. The number of morpholine rings is 1. The minimum atomic E-state index is -0.280. The molecule has 1 aliphatic carbocycles. The molecular weight excluding hydrogens is 430 g/mol. The standard InChI is InChI=1S/C28H31NO5/c30-27(18-9-11-32-12-10-18)19-13-20-15-33-16-21(14-19)29(20)28(31)34-17-26-24-7-3-1-5-22(24)23-6-2-4-8-25(23)26/h1-8,18-21,26H,9-17H2. The molecular formula is C28H31NO5. The summed E-state index contributed by atoms with van der Waals surface area (Å²) in [6.45, 7) is 2.60. The first-order valence-corrected chi connectivity index (χ1v) is 12.5. The van der Waals surface area contributed by atoms with E-state index in [1.165, 1.54) is 22.3 Å². The van der Waals surface area contributed by atoms with Crippen molar-refractivity contribution in [3.8, 4) is 11.1 Å². The number of ketones is 1. The van der Waals surface area contributed by atoms with E-state index < -0.39 is 0 Å². The van der Waals surface area contributed by atoms with Gasteiger partial charge in [-0.1, -0.05) is 48.5 Å². The van der Waals surface area contributed by atoms with Crippen molar-refractivity contribution in [2.45, 2.75) is 43.7 Å². The molecule has 3 heterocycles. The van der Waals surface area contributed by atoms with Gasteiger partial charge in [-0.3, -0.25) is 9.69 Å². The lowest BCUT2D eigenvalue weighted by atomic mass is 9.77. The molecule has 2 bridgehead atoms. The predicted octanol–water partition coefficient (Wildman–Crippen LogP) is 4.41. The summed E-state index contributed by atoms with van der Waals surface area (Å²) >= 11 is 0. The zero-order valence-electron chi connectivity index (χ0n) is 19.4. The van der Waals surface area contributed by atoms with Crippen LogP contribution >= 0.6 is 0 Å². The number of rotatable bonds is 4. The van der Waals surface area contributed by atoms with E-state index in [4.69, 9.17) is 14.2 Å². The van der Waals surface area contributed by atoms with Gasteiger partial charge in [-0.05, 0) is 47.9 Å². The highest BCUT2D eigenvalue weighted by atomic mass is 16.6. The number of carbonyl (C=O) groups is 2. The van der Waals surface area contributed by atoms with E-state index in [2.05, 4.69) is 36.4 Å². The number of hydrogen-bond donors (Lipinski definition) is 0. The Morgan fingerprint density at radius 3 is 2.03 bits per heavy atom. The molecule has 3 aliphatic heterocycles. The van der Waals surface area contributed by atoms with Gasteiger partial charge in [0.1, 0.15) is 12.4 Å². The second-order valence-electron chi connectivity index (χ2n) is 10.0. The third-order valence-electron chi connectivity index (χ3n) is 8.09. The Labute approximate surface area is 200 Å². The molecule has 0 spiro atoms. The maximum Gasteiger partial charge on any atom is 0.410 e. The third-order valence-corrected chi connectivity index (χ3v) is 8.09. The molecule has 0 radical (unpaired) electrons. The second kappa shape index (κ2) is 9.16. The highest BCUT2D eigenvalue weighted by Gasteiger charge is 2.45.